The van der Waals surface area contributed by atoms with Gasteiger partial charge in [-0.25, -0.2) is 0 Å². The smallest absolute Gasteiger partial charge is 0.238 e. The molecule has 2 aromatic rings. The van der Waals surface area contributed by atoms with Gasteiger partial charge in [-0.1, -0.05) is 46.9 Å². The second-order valence-corrected chi connectivity index (χ2v) is 7.12. The maximum Gasteiger partial charge on any atom is 0.238 e. The topological polar surface area (TPSA) is 35.6 Å². The van der Waals surface area contributed by atoms with E-state index in [1.54, 1.807) is 18.2 Å². The highest BCUT2D eigenvalue weighted by atomic mass is 35.5. The first-order chi connectivity index (χ1) is 12.0. The minimum atomic E-state index is -0.0449. The highest BCUT2D eigenvalue weighted by molar-refractivity contribution is 6.43. The van der Waals surface area contributed by atoms with E-state index in [1.807, 2.05) is 24.3 Å². The Hall–Kier alpha value is -1.46. The van der Waals surface area contributed by atoms with Gasteiger partial charge < -0.3 is 10.2 Å². The molecule has 1 N–H and O–H groups in total. The van der Waals surface area contributed by atoms with E-state index >= 15 is 0 Å². The first-order valence-corrected chi connectivity index (χ1v) is 9.13. The van der Waals surface area contributed by atoms with Crippen molar-refractivity contribution < 1.29 is 4.79 Å². The van der Waals surface area contributed by atoms with E-state index in [0.717, 1.165) is 31.9 Å². The van der Waals surface area contributed by atoms with E-state index in [9.17, 15) is 4.79 Å². The van der Waals surface area contributed by atoms with Crippen LogP contribution in [0.15, 0.2) is 42.5 Å². The van der Waals surface area contributed by atoms with Crippen molar-refractivity contribution in [3.05, 3.63) is 57.5 Å². The number of rotatable bonds is 4. The van der Waals surface area contributed by atoms with Crippen LogP contribution < -0.4 is 10.2 Å². The Balaban J connectivity index is 1.52. The third-order valence-electron chi connectivity index (χ3n) is 4.12. The summed E-state index contributed by atoms with van der Waals surface area (Å²) in [6, 6.07) is 12.8. The third-order valence-corrected chi connectivity index (χ3v) is 5.16. The number of halogens is 3. The first kappa shape index (κ1) is 18.3. The Kier molecular flexibility index (Phi) is 6.07. The van der Waals surface area contributed by atoms with Gasteiger partial charge in [0, 0.05) is 36.9 Å². The second-order valence-electron chi connectivity index (χ2n) is 5.89. The lowest BCUT2D eigenvalue weighted by atomic mass is 10.2. The number of anilines is 2. The quantitative estimate of drug-likeness (QED) is 0.829. The molecule has 132 valence electrons. The normalized spacial score (nSPS) is 15.2. The zero-order chi connectivity index (χ0) is 17.8. The van der Waals surface area contributed by atoms with Crippen molar-refractivity contribution in [3.8, 4) is 0 Å². The van der Waals surface area contributed by atoms with Crippen LogP contribution in [0.5, 0.6) is 0 Å². The number of nitrogens with one attached hydrogen (secondary N) is 1. The molecule has 1 saturated heterocycles. The Bertz CT molecular complexity index is 761. The van der Waals surface area contributed by atoms with E-state index in [0.29, 0.717) is 27.3 Å². The van der Waals surface area contributed by atoms with Gasteiger partial charge in [-0.05, 0) is 30.3 Å². The molecule has 0 aromatic heterocycles. The Morgan fingerprint density at radius 3 is 2.44 bits per heavy atom. The highest BCUT2D eigenvalue weighted by Gasteiger charge is 2.21. The lowest BCUT2D eigenvalue weighted by molar-refractivity contribution is -0.117. The van der Waals surface area contributed by atoms with Crippen molar-refractivity contribution in [2.75, 3.05) is 42.9 Å². The predicted octanol–water partition coefficient (Wildman–Crippen LogP) is 4.41. The molecule has 4 nitrogen and oxygen atoms in total. The van der Waals surface area contributed by atoms with Crippen LogP contribution in [0.4, 0.5) is 11.4 Å². The number of carbonyl (C=O) groups is 1. The first-order valence-electron chi connectivity index (χ1n) is 7.99. The number of nitrogens with zero attached hydrogens (tertiary/aromatic N) is 2. The van der Waals surface area contributed by atoms with Crippen LogP contribution in [0.1, 0.15) is 0 Å². The van der Waals surface area contributed by atoms with Crippen LogP contribution in [0, 0.1) is 0 Å². The zero-order valence-electron chi connectivity index (χ0n) is 13.5. The summed E-state index contributed by atoms with van der Waals surface area (Å²) < 4.78 is 0. The number of carbonyl (C=O) groups excluding carboxylic acids is 1. The molecule has 1 fully saturated rings. The van der Waals surface area contributed by atoms with Crippen LogP contribution in [0.3, 0.4) is 0 Å². The summed E-state index contributed by atoms with van der Waals surface area (Å²) in [5.74, 6) is -0.0449. The van der Waals surface area contributed by atoms with Crippen LogP contribution in [0.2, 0.25) is 15.1 Å². The van der Waals surface area contributed by atoms with E-state index in [2.05, 4.69) is 15.1 Å². The molecule has 1 aliphatic heterocycles. The molecule has 1 heterocycles. The molecular formula is C18H18Cl3N3O. The van der Waals surface area contributed by atoms with Gasteiger partial charge in [0.25, 0.3) is 0 Å². The molecular weight excluding hydrogens is 381 g/mol. The molecule has 7 heteroatoms. The Labute approximate surface area is 162 Å². The number of piperazine rings is 1. The van der Waals surface area contributed by atoms with Crippen molar-refractivity contribution in [1.29, 1.82) is 0 Å². The van der Waals surface area contributed by atoms with E-state index in [1.165, 1.54) is 0 Å². The van der Waals surface area contributed by atoms with Gasteiger partial charge in [0.15, 0.2) is 0 Å². The summed E-state index contributed by atoms with van der Waals surface area (Å²) >= 11 is 18.3. The molecule has 3 rings (SSSR count). The molecule has 25 heavy (non-hydrogen) atoms. The lowest BCUT2D eigenvalue weighted by Crippen LogP contribution is -2.48. The van der Waals surface area contributed by atoms with Gasteiger partial charge in [0.1, 0.15) is 0 Å². The number of hydrogen-bond acceptors (Lipinski definition) is 3. The molecule has 1 aliphatic rings. The lowest BCUT2D eigenvalue weighted by Gasteiger charge is -2.36. The molecule has 0 saturated carbocycles. The minimum Gasteiger partial charge on any atom is -0.368 e. The molecule has 0 unspecified atom stereocenters. The van der Waals surface area contributed by atoms with E-state index < -0.39 is 0 Å². The summed E-state index contributed by atoms with van der Waals surface area (Å²) in [7, 11) is 0. The van der Waals surface area contributed by atoms with Gasteiger partial charge in [-0.2, -0.15) is 0 Å². The summed E-state index contributed by atoms with van der Waals surface area (Å²) in [6.45, 7) is 3.51. The average molecular weight is 399 g/mol. The third kappa shape index (κ3) is 4.79. The maximum absolute atomic E-state index is 12.2. The monoisotopic (exact) mass is 397 g/mol. The molecule has 2 aromatic carbocycles. The van der Waals surface area contributed by atoms with Gasteiger partial charge in [-0.3, -0.25) is 9.69 Å². The van der Waals surface area contributed by atoms with Gasteiger partial charge in [0.2, 0.25) is 5.91 Å². The van der Waals surface area contributed by atoms with Crippen molar-refractivity contribution in [1.82, 2.24) is 4.90 Å². The standard InChI is InChI=1S/C18H18Cl3N3O/c19-13-3-1-4-14(11-13)22-17(25)12-23-7-9-24(10-8-23)16-6-2-5-15(20)18(16)21/h1-6,11H,7-10,12H2,(H,22,25). The van der Waals surface area contributed by atoms with E-state index in [-0.39, 0.29) is 5.91 Å². The Morgan fingerprint density at radius 2 is 1.72 bits per heavy atom. The molecule has 0 radical (unpaired) electrons. The second kappa shape index (κ2) is 8.28. The molecule has 1 amide bonds. The van der Waals surface area contributed by atoms with Crippen LogP contribution >= 0.6 is 34.8 Å². The number of amides is 1. The van der Waals surface area contributed by atoms with Crippen LogP contribution in [0.25, 0.3) is 0 Å². The fourth-order valence-corrected chi connectivity index (χ4v) is 3.46. The summed E-state index contributed by atoms with van der Waals surface area (Å²) in [6.07, 6.45) is 0. The highest BCUT2D eigenvalue weighted by Crippen LogP contribution is 2.32. The van der Waals surface area contributed by atoms with Crippen LogP contribution in [-0.4, -0.2) is 43.5 Å². The van der Waals surface area contributed by atoms with Crippen LogP contribution in [-0.2, 0) is 4.79 Å². The summed E-state index contributed by atoms with van der Waals surface area (Å²) in [4.78, 5) is 16.5. The van der Waals surface area contributed by atoms with Gasteiger partial charge in [-0.15, -0.1) is 0 Å². The largest absolute Gasteiger partial charge is 0.368 e. The van der Waals surface area contributed by atoms with Crippen molar-refractivity contribution >= 4 is 52.1 Å². The van der Waals surface area contributed by atoms with Crippen molar-refractivity contribution in [2.24, 2.45) is 0 Å². The minimum absolute atomic E-state index is 0.0449. The van der Waals surface area contributed by atoms with Gasteiger partial charge in [0.05, 0.1) is 22.3 Å². The molecule has 0 bridgehead atoms. The maximum atomic E-state index is 12.2. The SMILES string of the molecule is O=C(CN1CCN(c2cccc(Cl)c2Cl)CC1)Nc1cccc(Cl)c1. The van der Waals surface area contributed by atoms with E-state index in [4.69, 9.17) is 34.8 Å². The van der Waals surface area contributed by atoms with Crippen molar-refractivity contribution in [2.45, 2.75) is 0 Å². The van der Waals surface area contributed by atoms with Crippen molar-refractivity contribution in [3.63, 3.8) is 0 Å². The zero-order valence-corrected chi connectivity index (χ0v) is 15.8. The molecule has 0 aliphatic carbocycles. The fourth-order valence-electron chi connectivity index (χ4n) is 2.85. The molecule has 0 spiro atoms. The predicted molar refractivity (Wildman–Crippen MR) is 105 cm³/mol. The summed E-state index contributed by atoms with van der Waals surface area (Å²) in [5.41, 5.74) is 1.65. The fraction of sp³-hybridized carbons (Fsp3) is 0.278. The van der Waals surface area contributed by atoms with Gasteiger partial charge >= 0.3 is 0 Å². The number of benzene rings is 2. The average Bonchev–Trinajstić information content (AvgIpc) is 2.58. The Morgan fingerprint density at radius 1 is 1.00 bits per heavy atom. The summed E-state index contributed by atoms with van der Waals surface area (Å²) in [5, 5.41) is 4.61. The number of hydrogen-bond donors (Lipinski definition) is 1. The molecule has 0 atom stereocenters.